The topological polar surface area (TPSA) is 54.4 Å². The zero-order valence-electron chi connectivity index (χ0n) is 9.94. The maximum Gasteiger partial charge on any atom is 0.389 e. The number of halogens is 3. The van der Waals surface area contributed by atoms with Crippen molar-refractivity contribution in [2.24, 2.45) is 0 Å². The van der Waals surface area contributed by atoms with Crippen molar-refractivity contribution in [1.82, 2.24) is 0 Å². The van der Waals surface area contributed by atoms with Gasteiger partial charge in [-0.2, -0.15) is 13.2 Å². The molecule has 0 fully saturated rings. The SMILES string of the molecule is O=S1(=O)CCC(O)(CCC(F)(F)F)c2ccccc21. The third-order valence-corrected chi connectivity index (χ3v) is 5.10. The van der Waals surface area contributed by atoms with Crippen molar-refractivity contribution in [2.75, 3.05) is 5.75 Å². The first-order valence-electron chi connectivity index (χ1n) is 5.75. The number of hydrogen-bond acceptors (Lipinski definition) is 3. The van der Waals surface area contributed by atoms with Gasteiger partial charge < -0.3 is 5.11 Å². The second kappa shape index (κ2) is 4.49. The van der Waals surface area contributed by atoms with Crippen molar-refractivity contribution in [1.29, 1.82) is 0 Å². The van der Waals surface area contributed by atoms with Gasteiger partial charge in [0.2, 0.25) is 0 Å². The van der Waals surface area contributed by atoms with Crippen LogP contribution < -0.4 is 0 Å². The fourth-order valence-electron chi connectivity index (χ4n) is 2.28. The molecule has 0 bridgehead atoms. The Hall–Kier alpha value is -1.08. The largest absolute Gasteiger partial charge is 0.389 e. The predicted octanol–water partition coefficient (Wildman–Crippen LogP) is 2.39. The van der Waals surface area contributed by atoms with Crippen LogP contribution >= 0.6 is 0 Å². The lowest BCUT2D eigenvalue weighted by atomic mass is 9.86. The van der Waals surface area contributed by atoms with Gasteiger partial charge in [0, 0.05) is 12.0 Å². The fraction of sp³-hybridized carbons (Fsp3) is 0.500. The molecule has 1 aromatic carbocycles. The van der Waals surface area contributed by atoms with Crippen LogP contribution in [-0.2, 0) is 15.4 Å². The molecule has 1 atom stereocenters. The highest BCUT2D eigenvalue weighted by Gasteiger charge is 2.42. The zero-order chi connectivity index (χ0) is 14.3. The van der Waals surface area contributed by atoms with Gasteiger partial charge in [-0.1, -0.05) is 18.2 Å². The lowest BCUT2D eigenvalue weighted by Gasteiger charge is -2.34. The molecule has 106 valence electrons. The van der Waals surface area contributed by atoms with Crippen LogP contribution in [0.2, 0.25) is 0 Å². The molecule has 0 saturated carbocycles. The van der Waals surface area contributed by atoms with Crippen LogP contribution in [0.1, 0.15) is 24.8 Å². The van der Waals surface area contributed by atoms with E-state index in [2.05, 4.69) is 0 Å². The van der Waals surface area contributed by atoms with Gasteiger partial charge in [-0.3, -0.25) is 0 Å². The van der Waals surface area contributed by atoms with E-state index in [9.17, 15) is 26.7 Å². The molecule has 0 aliphatic carbocycles. The molecule has 3 nitrogen and oxygen atoms in total. The average Bonchev–Trinajstić information content (AvgIpc) is 2.32. The first kappa shape index (κ1) is 14.3. The summed E-state index contributed by atoms with van der Waals surface area (Å²) in [4.78, 5) is -0.0640. The molecule has 19 heavy (non-hydrogen) atoms. The summed E-state index contributed by atoms with van der Waals surface area (Å²) < 4.78 is 60.5. The van der Waals surface area contributed by atoms with Crippen LogP contribution in [0.3, 0.4) is 0 Å². The maximum atomic E-state index is 12.3. The number of aliphatic hydroxyl groups is 1. The Morgan fingerprint density at radius 3 is 2.53 bits per heavy atom. The Labute approximate surface area is 109 Å². The molecule has 0 saturated heterocycles. The standard InChI is InChI=1S/C12H13F3O3S/c13-12(14,15)6-5-11(16)7-8-19(17,18)10-4-2-1-3-9(10)11/h1-4,16H,5-8H2. The van der Waals surface area contributed by atoms with Crippen LogP contribution in [0.5, 0.6) is 0 Å². The molecule has 1 aliphatic heterocycles. The van der Waals surface area contributed by atoms with Crippen molar-refractivity contribution in [3.05, 3.63) is 29.8 Å². The lowest BCUT2D eigenvalue weighted by molar-refractivity contribution is -0.148. The Kier molecular flexibility index (Phi) is 3.38. The van der Waals surface area contributed by atoms with Crippen molar-refractivity contribution in [3.63, 3.8) is 0 Å². The Balaban J connectivity index is 2.39. The van der Waals surface area contributed by atoms with Crippen LogP contribution in [0.15, 0.2) is 29.2 Å². The first-order chi connectivity index (χ1) is 8.64. The quantitative estimate of drug-likeness (QED) is 0.911. The summed E-state index contributed by atoms with van der Waals surface area (Å²) >= 11 is 0. The molecular weight excluding hydrogens is 281 g/mol. The number of fused-ring (bicyclic) bond motifs is 1. The summed E-state index contributed by atoms with van der Waals surface area (Å²) in [5.74, 6) is -0.335. The van der Waals surface area contributed by atoms with Crippen LogP contribution in [0, 0.1) is 0 Å². The van der Waals surface area contributed by atoms with Crippen LogP contribution in [-0.4, -0.2) is 25.5 Å². The molecule has 1 aromatic rings. The van der Waals surface area contributed by atoms with Gasteiger partial charge in [0.15, 0.2) is 9.84 Å². The average molecular weight is 294 g/mol. The maximum absolute atomic E-state index is 12.3. The van der Waals surface area contributed by atoms with Gasteiger partial charge in [0.05, 0.1) is 16.2 Å². The van der Waals surface area contributed by atoms with E-state index < -0.39 is 34.5 Å². The number of rotatable bonds is 2. The molecule has 2 rings (SSSR count). The van der Waals surface area contributed by atoms with E-state index in [4.69, 9.17) is 0 Å². The van der Waals surface area contributed by atoms with Gasteiger partial charge in [-0.25, -0.2) is 8.42 Å². The van der Waals surface area contributed by atoms with Crippen molar-refractivity contribution < 1.29 is 26.7 Å². The monoisotopic (exact) mass is 294 g/mol. The second-order valence-electron chi connectivity index (χ2n) is 4.71. The summed E-state index contributed by atoms with van der Waals surface area (Å²) in [5.41, 5.74) is -1.65. The van der Waals surface area contributed by atoms with E-state index >= 15 is 0 Å². The molecule has 1 unspecified atom stereocenters. The van der Waals surface area contributed by atoms with E-state index in [0.717, 1.165) is 0 Å². The Bertz CT molecular complexity index is 580. The Morgan fingerprint density at radius 2 is 1.89 bits per heavy atom. The van der Waals surface area contributed by atoms with E-state index in [1.165, 1.54) is 24.3 Å². The van der Waals surface area contributed by atoms with Gasteiger partial charge in [-0.15, -0.1) is 0 Å². The molecule has 1 N–H and O–H groups in total. The van der Waals surface area contributed by atoms with Crippen LogP contribution in [0.4, 0.5) is 13.2 Å². The summed E-state index contributed by atoms with van der Waals surface area (Å²) in [6.07, 6.45) is -6.25. The van der Waals surface area contributed by atoms with Crippen molar-refractivity contribution in [2.45, 2.75) is 35.9 Å². The highest BCUT2D eigenvalue weighted by molar-refractivity contribution is 7.91. The van der Waals surface area contributed by atoms with Crippen LogP contribution in [0.25, 0.3) is 0 Å². The normalized spacial score (nSPS) is 25.9. The van der Waals surface area contributed by atoms with Crippen molar-refractivity contribution in [3.8, 4) is 0 Å². The number of sulfone groups is 1. The molecule has 0 aromatic heterocycles. The second-order valence-corrected chi connectivity index (χ2v) is 6.79. The predicted molar refractivity (Wildman–Crippen MR) is 62.3 cm³/mol. The molecule has 0 radical (unpaired) electrons. The Morgan fingerprint density at radius 1 is 1.26 bits per heavy atom. The summed E-state index contributed by atoms with van der Waals surface area (Å²) in [6.45, 7) is 0. The third-order valence-electron chi connectivity index (χ3n) is 3.33. The third kappa shape index (κ3) is 2.92. The molecule has 7 heteroatoms. The fourth-order valence-corrected chi connectivity index (χ4v) is 3.98. The molecule has 0 spiro atoms. The minimum Gasteiger partial charge on any atom is -0.385 e. The van der Waals surface area contributed by atoms with Gasteiger partial charge in [0.1, 0.15) is 0 Å². The first-order valence-corrected chi connectivity index (χ1v) is 7.41. The van der Waals surface area contributed by atoms with Gasteiger partial charge in [0.25, 0.3) is 0 Å². The van der Waals surface area contributed by atoms with E-state index in [0.29, 0.717) is 0 Å². The smallest absolute Gasteiger partial charge is 0.385 e. The van der Waals surface area contributed by atoms with Gasteiger partial charge >= 0.3 is 6.18 Å². The minimum absolute atomic E-state index is 0.0640. The molecule has 1 aliphatic rings. The van der Waals surface area contributed by atoms with E-state index in [1.807, 2.05) is 0 Å². The highest BCUT2D eigenvalue weighted by Crippen LogP contribution is 2.41. The number of benzene rings is 1. The molecular formula is C12H13F3O3S. The van der Waals surface area contributed by atoms with E-state index in [1.54, 1.807) is 0 Å². The summed E-state index contributed by atoms with van der Waals surface area (Å²) in [5, 5.41) is 10.4. The molecule has 1 heterocycles. The summed E-state index contributed by atoms with van der Waals surface area (Å²) in [7, 11) is -3.51. The highest BCUT2D eigenvalue weighted by atomic mass is 32.2. The lowest BCUT2D eigenvalue weighted by Crippen LogP contribution is -2.36. The van der Waals surface area contributed by atoms with Crippen molar-refractivity contribution >= 4 is 9.84 Å². The zero-order valence-corrected chi connectivity index (χ0v) is 10.8. The summed E-state index contributed by atoms with van der Waals surface area (Å²) in [6, 6.07) is 5.70. The van der Waals surface area contributed by atoms with E-state index in [-0.39, 0.29) is 22.6 Å². The molecule has 0 amide bonds. The van der Waals surface area contributed by atoms with Gasteiger partial charge in [-0.05, 0) is 18.9 Å². The number of alkyl halides is 3. The minimum atomic E-state index is -4.37. The number of hydrogen-bond donors (Lipinski definition) is 1.